The van der Waals surface area contributed by atoms with Crippen LogP contribution < -0.4 is 0 Å². The standard InChI is InChI=1S/C22H19N/c1-16(2)17-6-8-18(9-7-17)20-11-10-19-12-14-23-13-4-3-5-22(23)21(19)15-20/h3-11,13,15-16,22H,1-2H3. The van der Waals surface area contributed by atoms with Gasteiger partial charge in [-0.15, -0.1) is 0 Å². The third-order valence-electron chi connectivity index (χ3n) is 4.55. The van der Waals surface area contributed by atoms with Crippen LogP contribution >= 0.6 is 0 Å². The Morgan fingerprint density at radius 3 is 2.52 bits per heavy atom. The molecule has 2 aromatic carbocycles. The van der Waals surface area contributed by atoms with Crippen LogP contribution in [0.2, 0.25) is 0 Å². The molecule has 4 rings (SSSR count). The van der Waals surface area contributed by atoms with Crippen LogP contribution in [0.25, 0.3) is 11.1 Å². The number of rotatable bonds is 2. The van der Waals surface area contributed by atoms with E-state index in [1.807, 2.05) is 12.3 Å². The number of allylic oxidation sites excluding steroid dienone is 2. The zero-order valence-corrected chi connectivity index (χ0v) is 13.5. The summed E-state index contributed by atoms with van der Waals surface area (Å²) < 4.78 is 0. The molecule has 0 spiro atoms. The first-order valence-corrected chi connectivity index (χ1v) is 8.11. The van der Waals surface area contributed by atoms with E-state index in [4.69, 9.17) is 0 Å². The minimum absolute atomic E-state index is 0.228. The molecule has 2 heterocycles. The molecule has 0 radical (unpaired) electrons. The summed E-state index contributed by atoms with van der Waals surface area (Å²) in [6.07, 6.45) is 8.38. The lowest BCUT2D eigenvalue weighted by Gasteiger charge is -2.29. The van der Waals surface area contributed by atoms with Gasteiger partial charge in [0.2, 0.25) is 0 Å². The molecule has 0 saturated heterocycles. The summed E-state index contributed by atoms with van der Waals surface area (Å²) in [5.74, 6) is 3.82. The summed E-state index contributed by atoms with van der Waals surface area (Å²) >= 11 is 0. The van der Waals surface area contributed by atoms with Crippen molar-refractivity contribution in [3.8, 4) is 23.1 Å². The molecule has 0 amide bonds. The summed E-state index contributed by atoms with van der Waals surface area (Å²) in [5.41, 5.74) is 6.32. The molecular weight excluding hydrogens is 278 g/mol. The zero-order chi connectivity index (χ0) is 15.8. The molecule has 0 N–H and O–H groups in total. The monoisotopic (exact) mass is 297 g/mol. The van der Waals surface area contributed by atoms with E-state index in [9.17, 15) is 0 Å². The SMILES string of the molecule is CC(C)c1ccc(-c2ccc3c(c2)C2C=CC=CN2C#C3)cc1. The highest BCUT2D eigenvalue weighted by Crippen LogP contribution is 2.33. The van der Waals surface area contributed by atoms with E-state index in [1.54, 1.807) is 0 Å². The van der Waals surface area contributed by atoms with Gasteiger partial charge in [0, 0.05) is 17.8 Å². The Morgan fingerprint density at radius 2 is 1.74 bits per heavy atom. The van der Waals surface area contributed by atoms with Crippen LogP contribution in [0.1, 0.15) is 42.5 Å². The van der Waals surface area contributed by atoms with Gasteiger partial charge in [0.1, 0.15) is 0 Å². The molecule has 0 aromatic heterocycles. The highest BCUT2D eigenvalue weighted by molar-refractivity contribution is 5.67. The van der Waals surface area contributed by atoms with Crippen molar-refractivity contribution in [1.82, 2.24) is 4.90 Å². The Kier molecular flexibility index (Phi) is 3.32. The minimum atomic E-state index is 0.228. The maximum absolute atomic E-state index is 3.26. The van der Waals surface area contributed by atoms with Gasteiger partial charge in [0.25, 0.3) is 0 Å². The van der Waals surface area contributed by atoms with Crippen LogP contribution in [-0.2, 0) is 0 Å². The van der Waals surface area contributed by atoms with Crippen molar-refractivity contribution in [2.24, 2.45) is 0 Å². The van der Waals surface area contributed by atoms with Crippen molar-refractivity contribution in [2.45, 2.75) is 25.8 Å². The highest BCUT2D eigenvalue weighted by atomic mass is 15.1. The van der Waals surface area contributed by atoms with E-state index >= 15 is 0 Å². The molecular formula is C22H19N. The molecule has 23 heavy (non-hydrogen) atoms. The third kappa shape index (κ3) is 2.47. The fourth-order valence-electron chi connectivity index (χ4n) is 3.14. The van der Waals surface area contributed by atoms with Crippen LogP contribution in [0.5, 0.6) is 0 Å². The zero-order valence-electron chi connectivity index (χ0n) is 13.5. The number of hydrogen-bond acceptors (Lipinski definition) is 1. The summed E-state index contributed by atoms with van der Waals surface area (Å²) in [7, 11) is 0. The normalized spacial score (nSPS) is 17.5. The average Bonchev–Trinajstić information content (AvgIpc) is 2.61. The third-order valence-corrected chi connectivity index (χ3v) is 4.55. The van der Waals surface area contributed by atoms with E-state index in [0.29, 0.717) is 5.92 Å². The van der Waals surface area contributed by atoms with Gasteiger partial charge in [0.05, 0.1) is 6.04 Å². The molecule has 1 heteroatoms. The number of benzene rings is 2. The summed E-state index contributed by atoms with van der Waals surface area (Å²) in [4.78, 5) is 2.08. The topological polar surface area (TPSA) is 3.24 Å². The second-order valence-electron chi connectivity index (χ2n) is 6.39. The Hall–Kier alpha value is -2.72. The summed E-state index contributed by atoms with van der Waals surface area (Å²) in [5, 5.41) is 0. The van der Waals surface area contributed by atoms with Gasteiger partial charge in [-0.25, -0.2) is 0 Å². The van der Waals surface area contributed by atoms with Crippen molar-refractivity contribution in [3.63, 3.8) is 0 Å². The molecule has 0 saturated carbocycles. The molecule has 0 aliphatic carbocycles. The molecule has 0 fully saturated rings. The second kappa shape index (κ2) is 5.48. The van der Waals surface area contributed by atoms with Crippen molar-refractivity contribution in [2.75, 3.05) is 0 Å². The van der Waals surface area contributed by atoms with E-state index < -0.39 is 0 Å². The Morgan fingerprint density at radius 1 is 0.957 bits per heavy atom. The average molecular weight is 297 g/mol. The van der Waals surface area contributed by atoms with E-state index in [-0.39, 0.29) is 6.04 Å². The van der Waals surface area contributed by atoms with E-state index in [0.717, 1.165) is 5.56 Å². The van der Waals surface area contributed by atoms with Gasteiger partial charge in [0.15, 0.2) is 0 Å². The number of nitrogens with zero attached hydrogens (tertiary/aromatic N) is 1. The molecule has 0 bridgehead atoms. The van der Waals surface area contributed by atoms with Gasteiger partial charge >= 0.3 is 0 Å². The maximum Gasteiger partial charge on any atom is 0.0865 e. The Labute approximate surface area is 138 Å². The van der Waals surface area contributed by atoms with Crippen LogP contribution in [0.15, 0.2) is 66.9 Å². The molecule has 2 aromatic rings. The molecule has 1 unspecified atom stereocenters. The predicted molar refractivity (Wildman–Crippen MR) is 95.7 cm³/mol. The lowest BCUT2D eigenvalue weighted by atomic mass is 9.91. The van der Waals surface area contributed by atoms with Gasteiger partial charge in [-0.05, 0) is 52.3 Å². The Bertz CT molecular complexity index is 857. The fourth-order valence-corrected chi connectivity index (χ4v) is 3.14. The first kappa shape index (κ1) is 13.9. The summed E-state index contributed by atoms with van der Waals surface area (Å²) in [6.45, 7) is 4.45. The first-order chi connectivity index (χ1) is 11.2. The lowest BCUT2D eigenvalue weighted by Crippen LogP contribution is -2.22. The van der Waals surface area contributed by atoms with Crippen molar-refractivity contribution in [3.05, 3.63) is 83.6 Å². The first-order valence-electron chi connectivity index (χ1n) is 8.11. The van der Waals surface area contributed by atoms with Crippen LogP contribution in [0.4, 0.5) is 0 Å². The predicted octanol–water partition coefficient (Wildman–Crippen LogP) is 5.23. The van der Waals surface area contributed by atoms with E-state index in [1.165, 1.54) is 22.3 Å². The Balaban J connectivity index is 1.74. The smallest absolute Gasteiger partial charge is 0.0865 e. The van der Waals surface area contributed by atoms with Gasteiger partial charge < -0.3 is 0 Å². The van der Waals surface area contributed by atoms with Crippen LogP contribution in [0, 0.1) is 12.0 Å². The lowest BCUT2D eigenvalue weighted by molar-refractivity contribution is 0.452. The van der Waals surface area contributed by atoms with Gasteiger partial charge in [-0.3, -0.25) is 4.90 Å². The van der Waals surface area contributed by atoms with Crippen molar-refractivity contribution < 1.29 is 0 Å². The molecule has 1 atom stereocenters. The van der Waals surface area contributed by atoms with Crippen molar-refractivity contribution in [1.29, 1.82) is 0 Å². The number of hydrogen-bond donors (Lipinski definition) is 0. The fraction of sp³-hybridized carbons (Fsp3) is 0.182. The molecule has 1 nitrogen and oxygen atoms in total. The molecule has 112 valence electrons. The summed E-state index contributed by atoms with van der Waals surface area (Å²) in [6, 6.07) is 18.9. The second-order valence-corrected chi connectivity index (χ2v) is 6.39. The number of fused-ring (bicyclic) bond motifs is 3. The molecule has 2 aliphatic heterocycles. The van der Waals surface area contributed by atoms with Gasteiger partial charge in [-0.2, -0.15) is 0 Å². The van der Waals surface area contributed by atoms with Crippen LogP contribution in [-0.4, -0.2) is 4.90 Å². The van der Waals surface area contributed by atoms with Crippen molar-refractivity contribution >= 4 is 0 Å². The van der Waals surface area contributed by atoms with Crippen LogP contribution in [0.3, 0.4) is 0 Å². The quantitative estimate of drug-likeness (QED) is 0.686. The molecule has 2 aliphatic rings. The van der Waals surface area contributed by atoms with Gasteiger partial charge in [-0.1, -0.05) is 56.3 Å². The largest absolute Gasteiger partial charge is 0.297 e. The minimum Gasteiger partial charge on any atom is -0.297 e. The maximum atomic E-state index is 3.26. The highest BCUT2D eigenvalue weighted by Gasteiger charge is 2.21. The van der Waals surface area contributed by atoms with E-state index in [2.05, 4.69) is 85.3 Å².